The molecule has 0 aliphatic carbocycles. The van der Waals surface area contributed by atoms with Crippen LogP contribution < -0.4 is 9.47 Å². The Kier molecular flexibility index (Phi) is 7.36. The minimum atomic E-state index is -0.749. The number of aliphatic hydroxyl groups excluding tert-OH is 1. The maximum atomic E-state index is 13.7. The Labute approximate surface area is 208 Å². The summed E-state index contributed by atoms with van der Waals surface area (Å²) in [5, 5.41) is 11.9. The Morgan fingerprint density at radius 1 is 1.14 bits per heavy atom. The van der Waals surface area contributed by atoms with Crippen LogP contribution in [0.25, 0.3) is 11.0 Å². The van der Waals surface area contributed by atoms with Crippen LogP contribution >= 0.6 is 11.6 Å². The van der Waals surface area contributed by atoms with Crippen molar-refractivity contribution in [3.8, 4) is 11.5 Å². The first kappa shape index (κ1) is 24.7. The van der Waals surface area contributed by atoms with Crippen molar-refractivity contribution in [2.75, 3.05) is 20.3 Å². The first-order valence-corrected chi connectivity index (χ1v) is 12.1. The molecule has 2 aromatic carbocycles. The van der Waals surface area contributed by atoms with Crippen LogP contribution in [0.4, 0.5) is 0 Å². The smallest absolute Gasteiger partial charge is 0.290 e. The first-order valence-electron chi connectivity index (χ1n) is 11.7. The molecule has 35 heavy (non-hydrogen) atoms. The van der Waals surface area contributed by atoms with Crippen molar-refractivity contribution in [1.82, 2.24) is 4.90 Å². The van der Waals surface area contributed by atoms with Crippen molar-refractivity contribution in [3.63, 3.8) is 0 Å². The van der Waals surface area contributed by atoms with Crippen LogP contribution in [0.2, 0.25) is 5.02 Å². The number of hydrogen-bond acceptors (Lipinski definition) is 6. The van der Waals surface area contributed by atoms with Gasteiger partial charge in [0.15, 0.2) is 22.9 Å². The first-order chi connectivity index (χ1) is 16.9. The second-order valence-corrected chi connectivity index (χ2v) is 8.78. The van der Waals surface area contributed by atoms with Crippen LogP contribution in [0, 0.1) is 0 Å². The summed E-state index contributed by atoms with van der Waals surface area (Å²) < 4.78 is 16.7. The van der Waals surface area contributed by atoms with Crippen molar-refractivity contribution in [2.24, 2.45) is 0 Å². The number of fused-ring (bicyclic) bond motifs is 1. The van der Waals surface area contributed by atoms with E-state index in [1.54, 1.807) is 35.2 Å². The van der Waals surface area contributed by atoms with Crippen LogP contribution in [0.1, 0.15) is 55.3 Å². The highest BCUT2D eigenvalue weighted by Crippen LogP contribution is 2.41. The second kappa shape index (κ2) is 10.4. The zero-order chi connectivity index (χ0) is 25.1. The van der Waals surface area contributed by atoms with E-state index in [-0.39, 0.29) is 11.3 Å². The van der Waals surface area contributed by atoms with Gasteiger partial charge < -0.3 is 23.9 Å². The summed E-state index contributed by atoms with van der Waals surface area (Å²) in [5.41, 5.74) is 1.05. The van der Waals surface area contributed by atoms with Crippen molar-refractivity contribution in [1.29, 1.82) is 0 Å². The van der Waals surface area contributed by atoms with Crippen LogP contribution in [0.3, 0.4) is 0 Å². The molecule has 0 spiro atoms. The van der Waals surface area contributed by atoms with Gasteiger partial charge in [-0.2, -0.15) is 0 Å². The number of Topliss-reactive ketones (excluding diaryl/α,β-unsaturated/α-hetero) is 1. The molecule has 7 nitrogen and oxygen atoms in total. The number of unbranched alkanes of at least 4 members (excludes halogenated alkanes) is 2. The van der Waals surface area contributed by atoms with E-state index in [1.807, 2.05) is 19.1 Å². The third kappa shape index (κ3) is 4.73. The zero-order valence-electron chi connectivity index (χ0n) is 20.0. The van der Waals surface area contributed by atoms with Crippen LogP contribution in [0.5, 0.6) is 11.5 Å². The Bertz CT molecular complexity index is 1280. The summed E-state index contributed by atoms with van der Waals surface area (Å²) in [4.78, 5) is 28.3. The lowest BCUT2D eigenvalue weighted by Crippen LogP contribution is -2.32. The van der Waals surface area contributed by atoms with E-state index >= 15 is 0 Å². The summed E-state index contributed by atoms with van der Waals surface area (Å²) in [6.45, 7) is 4.90. The summed E-state index contributed by atoms with van der Waals surface area (Å²) in [7, 11) is 1.48. The lowest BCUT2D eigenvalue weighted by atomic mass is 9.94. The number of ether oxygens (including phenoxy) is 2. The topological polar surface area (TPSA) is 89.2 Å². The molecule has 1 atom stereocenters. The summed E-state index contributed by atoms with van der Waals surface area (Å²) >= 11 is 6.16. The zero-order valence-corrected chi connectivity index (χ0v) is 20.7. The number of methoxy groups -OCH3 is 1. The van der Waals surface area contributed by atoms with E-state index in [0.717, 1.165) is 19.3 Å². The summed E-state index contributed by atoms with van der Waals surface area (Å²) in [6, 6.07) is 11.3. The molecule has 2 heterocycles. The normalized spacial score (nSPS) is 15.8. The highest BCUT2D eigenvalue weighted by molar-refractivity contribution is 6.31. The van der Waals surface area contributed by atoms with Gasteiger partial charge in [0, 0.05) is 23.0 Å². The van der Waals surface area contributed by atoms with Gasteiger partial charge in [-0.05, 0) is 43.2 Å². The van der Waals surface area contributed by atoms with Gasteiger partial charge in [-0.3, -0.25) is 9.59 Å². The van der Waals surface area contributed by atoms with Gasteiger partial charge in [0.25, 0.3) is 5.91 Å². The molecule has 0 saturated carbocycles. The largest absolute Gasteiger partial charge is 0.503 e. The number of ketones is 1. The number of aliphatic hydroxyl groups is 1. The number of halogens is 1. The van der Waals surface area contributed by atoms with Gasteiger partial charge in [0.05, 0.1) is 25.3 Å². The fraction of sp³-hybridized carbons (Fsp3) is 0.333. The SMILES string of the molecule is CCCCCN1C(=O)C(O)=C(C(=O)c2cc3cc(Cl)cc(OC)c3o2)C1c1ccc(OCC)cc1. The predicted octanol–water partition coefficient (Wildman–Crippen LogP) is 6.26. The van der Waals surface area contributed by atoms with E-state index in [0.29, 0.717) is 46.2 Å². The number of hydrogen-bond donors (Lipinski definition) is 1. The van der Waals surface area contributed by atoms with Crippen LogP contribution in [-0.2, 0) is 4.79 Å². The molecular weight excluding hydrogens is 470 g/mol. The number of carbonyl (C=O) groups is 2. The van der Waals surface area contributed by atoms with Gasteiger partial charge in [0.1, 0.15) is 5.75 Å². The molecule has 1 amide bonds. The maximum absolute atomic E-state index is 13.7. The minimum absolute atomic E-state index is 0.0127. The third-order valence-corrected chi connectivity index (χ3v) is 6.27. The van der Waals surface area contributed by atoms with E-state index in [4.69, 9.17) is 25.5 Å². The molecule has 0 fully saturated rings. The fourth-order valence-corrected chi connectivity index (χ4v) is 4.61. The summed E-state index contributed by atoms with van der Waals surface area (Å²) in [6.07, 6.45) is 2.66. The number of amides is 1. The Morgan fingerprint density at radius 2 is 1.89 bits per heavy atom. The quantitative estimate of drug-likeness (QED) is 0.262. The average molecular weight is 498 g/mol. The predicted molar refractivity (Wildman–Crippen MR) is 133 cm³/mol. The molecule has 1 aliphatic rings. The molecule has 0 radical (unpaired) electrons. The van der Waals surface area contributed by atoms with Crippen molar-refractivity contribution in [3.05, 3.63) is 70.1 Å². The molecule has 1 aromatic heterocycles. The van der Waals surface area contributed by atoms with Gasteiger partial charge in [-0.1, -0.05) is 43.5 Å². The second-order valence-electron chi connectivity index (χ2n) is 8.34. The molecule has 184 valence electrons. The van der Waals surface area contributed by atoms with Crippen molar-refractivity contribution >= 4 is 34.3 Å². The minimum Gasteiger partial charge on any atom is -0.503 e. The number of nitrogens with zero attached hydrogens (tertiary/aromatic N) is 1. The molecule has 1 N–H and O–H groups in total. The van der Waals surface area contributed by atoms with E-state index < -0.39 is 23.5 Å². The lowest BCUT2D eigenvalue weighted by molar-refractivity contribution is -0.129. The maximum Gasteiger partial charge on any atom is 0.290 e. The van der Waals surface area contributed by atoms with Gasteiger partial charge in [0.2, 0.25) is 5.78 Å². The van der Waals surface area contributed by atoms with Gasteiger partial charge in [-0.15, -0.1) is 0 Å². The highest BCUT2D eigenvalue weighted by Gasteiger charge is 2.44. The molecule has 3 aromatic rings. The number of benzene rings is 2. The van der Waals surface area contributed by atoms with Crippen LogP contribution in [-0.4, -0.2) is 42.0 Å². The molecule has 1 unspecified atom stereocenters. The van der Waals surface area contributed by atoms with E-state index in [9.17, 15) is 14.7 Å². The fourth-order valence-electron chi connectivity index (χ4n) is 4.39. The number of furan rings is 1. The third-order valence-electron chi connectivity index (χ3n) is 6.05. The number of carbonyl (C=O) groups excluding carboxylic acids is 2. The average Bonchev–Trinajstić information content (AvgIpc) is 3.38. The molecule has 0 saturated heterocycles. The Morgan fingerprint density at radius 3 is 2.54 bits per heavy atom. The Hall–Kier alpha value is -3.45. The van der Waals surface area contributed by atoms with E-state index in [2.05, 4.69) is 6.92 Å². The highest BCUT2D eigenvalue weighted by atomic mass is 35.5. The van der Waals surface area contributed by atoms with Crippen molar-refractivity contribution < 1.29 is 28.6 Å². The Balaban J connectivity index is 1.77. The van der Waals surface area contributed by atoms with Crippen LogP contribution in [0.15, 0.2) is 58.2 Å². The van der Waals surface area contributed by atoms with Gasteiger partial charge in [-0.25, -0.2) is 0 Å². The lowest BCUT2D eigenvalue weighted by Gasteiger charge is -2.26. The van der Waals surface area contributed by atoms with Crippen molar-refractivity contribution in [2.45, 2.75) is 39.2 Å². The van der Waals surface area contributed by atoms with Gasteiger partial charge >= 0.3 is 0 Å². The standard InChI is InChI=1S/C27H28ClNO6/c1-4-6-7-12-29-23(16-8-10-19(11-9-16)34-5-2)22(25(31)27(29)32)24(30)20-14-17-13-18(28)15-21(33-3)26(17)35-20/h8-11,13-15,23,31H,4-7,12H2,1-3H3. The molecule has 4 rings (SSSR count). The number of rotatable bonds is 10. The molecule has 1 aliphatic heterocycles. The molecular formula is C27H28ClNO6. The van der Waals surface area contributed by atoms with E-state index in [1.165, 1.54) is 7.11 Å². The monoisotopic (exact) mass is 497 g/mol. The molecule has 8 heteroatoms. The summed E-state index contributed by atoms with van der Waals surface area (Å²) in [5.74, 6) is -0.642. The molecule has 0 bridgehead atoms.